The minimum Gasteiger partial charge on any atom is -0.367 e. The molecule has 6 rings (SSSR count). The monoisotopic (exact) mass is 438 g/mol. The number of rotatable bonds is 4. The topological polar surface area (TPSA) is 61.6 Å². The quantitative estimate of drug-likeness (QED) is 0.414. The van der Waals surface area contributed by atoms with Crippen LogP contribution in [0, 0.1) is 6.92 Å². The van der Waals surface area contributed by atoms with E-state index in [-0.39, 0.29) is 5.78 Å². The molecule has 0 bridgehead atoms. The number of likely N-dealkylation sites (N-methyl/N-ethyl adjacent to an activating group) is 1. The number of carbonyl (C=O) groups excluding carboxylic acids is 1. The number of nitrogens with one attached hydrogen (secondary N) is 1. The fourth-order valence-electron chi connectivity index (χ4n) is 4.98. The van der Waals surface area contributed by atoms with Crippen molar-refractivity contribution >= 4 is 33.7 Å². The van der Waals surface area contributed by atoms with E-state index >= 15 is 0 Å². The molecule has 4 aromatic rings. The molecule has 1 saturated heterocycles. The number of nitrogens with zero attached hydrogens (tertiary/aromatic N) is 3. The SMILES string of the molecule is CCN1CCN(c2cc(Nc3ccc(C)cc3)c3c4c(onc24)-c2ccccc2C3=O)CC1. The van der Waals surface area contributed by atoms with E-state index in [1.165, 1.54) is 5.56 Å². The van der Waals surface area contributed by atoms with Crippen molar-refractivity contribution in [2.75, 3.05) is 42.9 Å². The van der Waals surface area contributed by atoms with E-state index in [1.807, 2.05) is 36.4 Å². The minimum atomic E-state index is 0.00302. The molecule has 3 aromatic carbocycles. The molecular formula is C27H26N4O2. The molecule has 0 saturated carbocycles. The lowest BCUT2D eigenvalue weighted by atomic mass is 9.86. The third-order valence-corrected chi connectivity index (χ3v) is 6.87. The van der Waals surface area contributed by atoms with Crippen LogP contribution in [0.3, 0.4) is 0 Å². The summed E-state index contributed by atoms with van der Waals surface area (Å²) in [4.78, 5) is 18.5. The molecule has 166 valence electrons. The number of hydrogen-bond donors (Lipinski definition) is 1. The molecule has 2 heterocycles. The van der Waals surface area contributed by atoms with Crippen LogP contribution >= 0.6 is 0 Å². The summed E-state index contributed by atoms with van der Waals surface area (Å²) in [6.07, 6.45) is 0. The van der Waals surface area contributed by atoms with Gasteiger partial charge in [0.25, 0.3) is 0 Å². The van der Waals surface area contributed by atoms with Crippen molar-refractivity contribution in [3.05, 3.63) is 71.3 Å². The lowest BCUT2D eigenvalue weighted by Gasteiger charge is -2.36. The van der Waals surface area contributed by atoms with Gasteiger partial charge in [-0.15, -0.1) is 0 Å². The number of aromatic nitrogens is 1. The number of carbonyl (C=O) groups is 1. The van der Waals surface area contributed by atoms with Crippen molar-refractivity contribution in [1.29, 1.82) is 0 Å². The van der Waals surface area contributed by atoms with Gasteiger partial charge in [-0.2, -0.15) is 0 Å². The van der Waals surface area contributed by atoms with Crippen LogP contribution in [0.2, 0.25) is 0 Å². The molecular weight excluding hydrogens is 412 g/mol. The summed E-state index contributed by atoms with van der Waals surface area (Å²) in [6, 6.07) is 17.9. The van der Waals surface area contributed by atoms with Gasteiger partial charge < -0.3 is 19.6 Å². The fourth-order valence-corrected chi connectivity index (χ4v) is 4.98. The summed E-state index contributed by atoms with van der Waals surface area (Å²) in [5.41, 5.74) is 6.81. The van der Waals surface area contributed by atoms with Gasteiger partial charge in [0.2, 0.25) is 0 Å². The zero-order valence-electron chi connectivity index (χ0n) is 18.9. The summed E-state index contributed by atoms with van der Waals surface area (Å²) < 4.78 is 5.90. The van der Waals surface area contributed by atoms with E-state index in [0.717, 1.165) is 66.3 Å². The Labute approximate surface area is 192 Å². The molecule has 1 aromatic heterocycles. The Bertz CT molecular complexity index is 1370. The van der Waals surface area contributed by atoms with Gasteiger partial charge in [0.1, 0.15) is 5.52 Å². The van der Waals surface area contributed by atoms with Gasteiger partial charge in [0.15, 0.2) is 11.5 Å². The highest BCUT2D eigenvalue weighted by Crippen LogP contribution is 2.46. The fraction of sp³-hybridized carbons (Fsp3) is 0.259. The number of fused-ring (bicyclic) bond motifs is 2. The Balaban J connectivity index is 1.55. The number of hydrogen-bond acceptors (Lipinski definition) is 6. The van der Waals surface area contributed by atoms with E-state index < -0.39 is 0 Å². The Morgan fingerprint density at radius 3 is 2.45 bits per heavy atom. The maximum absolute atomic E-state index is 13.7. The van der Waals surface area contributed by atoms with E-state index in [9.17, 15) is 4.79 Å². The second-order valence-electron chi connectivity index (χ2n) is 8.84. The van der Waals surface area contributed by atoms with Gasteiger partial charge in [-0.1, -0.05) is 54.0 Å². The number of anilines is 3. The maximum atomic E-state index is 13.7. The second kappa shape index (κ2) is 7.74. The van der Waals surface area contributed by atoms with Crippen LogP contribution < -0.4 is 10.2 Å². The van der Waals surface area contributed by atoms with Gasteiger partial charge in [-0.3, -0.25) is 4.79 Å². The molecule has 2 aliphatic rings. The Hall–Kier alpha value is -3.64. The maximum Gasteiger partial charge on any atom is 0.196 e. The van der Waals surface area contributed by atoms with Crippen molar-refractivity contribution in [3.8, 4) is 11.3 Å². The predicted octanol–water partition coefficient (Wildman–Crippen LogP) is 5.23. The van der Waals surface area contributed by atoms with Crippen molar-refractivity contribution in [1.82, 2.24) is 10.1 Å². The molecule has 1 N–H and O–H groups in total. The number of ketones is 1. The third kappa shape index (κ3) is 3.21. The molecule has 0 radical (unpaired) electrons. The highest BCUT2D eigenvalue weighted by molar-refractivity contribution is 6.28. The first-order valence-corrected chi connectivity index (χ1v) is 11.6. The van der Waals surface area contributed by atoms with Crippen LogP contribution in [-0.2, 0) is 0 Å². The molecule has 6 heteroatoms. The van der Waals surface area contributed by atoms with Crippen LogP contribution in [0.25, 0.3) is 22.2 Å². The molecule has 33 heavy (non-hydrogen) atoms. The Morgan fingerprint density at radius 1 is 1.00 bits per heavy atom. The normalized spacial score (nSPS) is 15.7. The number of aryl methyl sites for hydroxylation is 1. The van der Waals surface area contributed by atoms with Crippen molar-refractivity contribution in [2.45, 2.75) is 13.8 Å². The first kappa shape index (κ1) is 20.0. The smallest absolute Gasteiger partial charge is 0.196 e. The molecule has 1 fully saturated rings. The highest BCUT2D eigenvalue weighted by Gasteiger charge is 2.34. The highest BCUT2D eigenvalue weighted by atomic mass is 16.5. The molecule has 0 amide bonds. The molecule has 6 nitrogen and oxygen atoms in total. The Kier molecular flexibility index (Phi) is 4.69. The van der Waals surface area contributed by atoms with Gasteiger partial charge in [-0.05, 0) is 31.7 Å². The predicted molar refractivity (Wildman–Crippen MR) is 132 cm³/mol. The number of piperazine rings is 1. The van der Waals surface area contributed by atoms with Crippen molar-refractivity contribution in [2.24, 2.45) is 0 Å². The van der Waals surface area contributed by atoms with Gasteiger partial charge >= 0.3 is 0 Å². The summed E-state index contributed by atoms with van der Waals surface area (Å²) in [5, 5.41) is 8.82. The lowest BCUT2D eigenvalue weighted by molar-refractivity contribution is 0.104. The third-order valence-electron chi connectivity index (χ3n) is 6.87. The van der Waals surface area contributed by atoms with E-state index in [2.05, 4.69) is 52.3 Å². The average Bonchev–Trinajstić information content (AvgIpc) is 3.29. The summed E-state index contributed by atoms with van der Waals surface area (Å²) in [6.45, 7) is 9.17. The van der Waals surface area contributed by atoms with Gasteiger partial charge in [0, 0.05) is 43.0 Å². The Morgan fingerprint density at radius 2 is 1.73 bits per heavy atom. The van der Waals surface area contributed by atoms with Gasteiger partial charge in [-0.25, -0.2) is 0 Å². The van der Waals surface area contributed by atoms with Crippen LogP contribution in [0.5, 0.6) is 0 Å². The van der Waals surface area contributed by atoms with Crippen molar-refractivity contribution < 1.29 is 9.32 Å². The van der Waals surface area contributed by atoms with Crippen LogP contribution in [0.1, 0.15) is 28.4 Å². The van der Waals surface area contributed by atoms with Crippen LogP contribution in [0.4, 0.5) is 17.1 Å². The second-order valence-corrected chi connectivity index (χ2v) is 8.84. The molecule has 1 aliphatic heterocycles. The minimum absolute atomic E-state index is 0.00302. The first-order valence-electron chi connectivity index (χ1n) is 11.6. The van der Waals surface area contributed by atoms with Gasteiger partial charge in [0.05, 0.1) is 22.3 Å². The lowest BCUT2D eigenvalue weighted by Crippen LogP contribution is -2.46. The molecule has 0 unspecified atom stereocenters. The largest absolute Gasteiger partial charge is 0.367 e. The molecule has 1 aliphatic carbocycles. The number of benzene rings is 3. The standard InChI is InChI=1S/C27H26N4O2/c1-3-30-12-14-31(15-13-30)22-16-21(28-18-10-8-17(2)9-11-18)23-24-25(22)29-33-27(24)20-7-5-4-6-19(20)26(23)32/h4-11,16,28H,3,12-15H2,1-2H3. The average molecular weight is 439 g/mol. The zero-order chi connectivity index (χ0) is 22.5. The van der Waals surface area contributed by atoms with Crippen LogP contribution in [0.15, 0.2) is 59.1 Å². The zero-order valence-corrected chi connectivity index (χ0v) is 18.9. The summed E-state index contributed by atoms with van der Waals surface area (Å²) in [7, 11) is 0. The van der Waals surface area contributed by atoms with Crippen LogP contribution in [-0.4, -0.2) is 48.6 Å². The first-order chi connectivity index (χ1) is 16.1. The van der Waals surface area contributed by atoms with E-state index in [0.29, 0.717) is 16.9 Å². The summed E-state index contributed by atoms with van der Waals surface area (Å²) in [5.74, 6) is 0.680. The van der Waals surface area contributed by atoms with E-state index in [1.54, 1.807) is 0 Å². The molecule has 0 atom stereocenters. The van der Waals surface area contributed by atoms with Crippen molar-refractivity contribution in [3.63, 3.8) is 0 Å². The van der Waals surface area contributed by atoms with E-state index in [4.69, 9.17) is 4.52 Å². The summed E-state index contributed by atoms with van der Waals surface area (Å²) >= 11 is 0. The molecule has 0 spiro atoms.